The minimum atomic E-state index is -0.191. The standard InChI is InChI=1S/C22H32FN3O2/c1-2-24-20(26-11-7-21(16-26)8-12-28-17-21)25-15-22(9-13-27-14-10-22)18-3-5-19(23)6-4-18/h3-6H,2,7-17H2,1H3,(H,24,25). The van der Waals surface area contributed by atoms with Crippen molar-refractivity contribution in [3.63, 3.8) is 0 Å². The number of guanidine groups is 1. The third-order valence-electron chi connectivity index (χ3n) is 6.70. The number of aliphatic imine (C=N–C) groups is 1. The Bertz CT molecular complexity index is 680. The Morgan fingerprint density at radius 2 is 1.86 bits per heavy atom. The number of rotatable bonds is 4. The highest BCUT2D eigenvalue weighted by atomic mass is 19.1. The molecule has 0 bridgehead atoms. The van der Waals surface area contributed by atoms with Crippen LogP contribution in [0, 0.1) is 11.2 Å². The zero-order valence-corrected chi connectivity index (χ0v) is 16.9. The molecule has 0 aliphatic carbocycles. The third kappa shape index (κ3) is 4.03. The van der Waals surface area contributed by atoms with Crippen molar-refractivity contribution in [1.29, 1.82) is 0 Å². The van der Waals surface area contributed by atoms with Crippen LogP contribution >= 0.6 is 0 Å². The van der Waals surface area contributed by atoms with Crippen LogP contribution in [0.15, 0.2) is 29.3 Å². The second-order valence-corrected chi connectivity index (χ2v) is 8.54. The molecule has 28 heavy (non-hydrogen) atoms. The van der Waals surface area contributed by atoms with Gasteiger partial charge in [-0.05, 0) is 50.3 Å². The normalized spacial score (nSPS) is 27.5. The summed E-state index contributed by atoms with van der Waals surface area (Å²) in [5, 5.41) is 3.49. The van der Waals surface area contributed by atoms with Gasteiger partial charge in [-0.25, -0.2) is 4.39 Å². The Hall–Kier alpha value is -1.66. The van der Waals surface area contributed by atoms with E-state index < -0.39 is 0 Å². The Labute approximate surface area is 167 Å². The van der Waals surface area contributed by atoms with Gasteiger partial charge in [0.2, 0.25) is 0 Å². The van der Waals surface area contributed by atoms with E-state index >= 15 is 0 Å². The van der Waals surface area contributed by atoms with Crippen molar-refractivity contribution in [2.45, 2.75) is 38.0 Å². The summed E-state index contributed by atoms with van der Waals surface area (Å²) in [7, 11) is 0. The van der Waals surface area contributed by atoms with Gasteiger partial charge in [0.15, 0.2) is 5.96 Å². The van der Waals surface area contributed by atoms with E-state index in [4.69, 9.17) is 14.5 Å². The van der Waals surface area contributed by atoms with E-state index in [9.17, 15) is 4.39 Å². The van der Waals surface area contributed by atoms with E-state index in [1.807, 2.05) is 12.1 Å². The molecule has 3 fully saturated rings. The van der Waals surface area contributed by atoms with Crippen LogP contribution in [0.4, 0.5) is 4.39 Å². The van der Waals surface area contributed by atoms with Crippen molar-refractivity contribution in [2.75, 3.05) is 52.6 Å². The van der Waals surface area contributed by atoms with Crippen molar-refractivity contribution in [1.82, 2.24) is 10.2 Å². The van der Waals surface area contributed by atoms with Gasteiger partial charge in [0.1, 0.15) is 5.82 Å². The first-order valence-corrected chi connectivity index (χ1v) is 10.6. The maximum atomic E-state index is 13.5. The van der Waals surface area contributed by atoms with Gasteiger partial charge in [0.25, 0.3) is 0 Å². The van der Waals surface area contributed by atoms with Crippen molar-refractivity contribution in [2.24, 2.45) is 10.4 Å². The van der Waals surface area contributed by atoms with Gasteiger partial charge in [-0.3, -0.25) is 4.99 Å². The van der Waals surface area contributed by atoms with Crippen LogP contribution in [-0.2, 0) is 14.9 Å². The molecular weight excluding hydrogens is 357 g/mol. The van der Waals surface area contributed by atoms with Crippen molar-refractivity contribution in [3.05, 3.63) is 35.6 Å². The average Bonchev–Trinajstić information content (AvgIpc) is 3.36. The highest BCUT2D eigenvalue weighted by Gasteiger charge is 2.42. The Kier molecular flexibility index (Phi) is 5.88. The van der Waals surface area contributed by atoms with Crippen molar-refractivity contribution < 1.29 is 13.9 Å². The largest absolute Gasteiger partial charge is 0.381 e. The summed E-state index contributed by atoms with van der Waals surface area (Å²) in [6, 6.07) is 6.96. The number of halogens is 1. The lowest BCUT2D eigenvalue weighted by Crippen LogP contribution is -2.43. The van der Waals surface area contributed by atoms with Crippen molar-refractivity contribution in [3.8, 4) is 0 Å². The summed E-state index contributed by atoms with van der Waals surface area (Å²) in [5.74, 6) is 0.809. The van der Waals surface area contributed by atoms with Crippen LogP contribution in [0.5, 0.6) is 0 Å². The molecule has 1 spiro atoms. The fraction of sp³-hybridized carbons (Fsp3) is 0.682. The molecule has 0 radical (unpaired) electrons. The Morgan fingerprint density at radius 1 is 1.11 bits per heavy atom. The molecule has 5 nitrogen and oxygen atoms in total. The monoisotopic (exact) mass is 389 g/mol. The van der Waals surface area contributed by atoms with Gasteiger partial charge in [0, 0.05) is 50.3 Å². The molecule has 0 amide bonds. The molecule has 1 N–H and O–H groups in total. The average molecular weight is 390 g/mol. The molecule has 6 heteroatoms. The molecule has 1 atom stereocenters. The van der Waals surface area contributed by atoms with Gasteiger partial charge >= 0.3 is 0 Å². The first-order valence-electron chi connectivity index (χ1n) is 10.6. The lowest BCUT2D eigenvalue weighted by molar-refractivity contribution is 0.0530. The van der Waals surface area contributed by atoms with Crippen LogP contribution in [0.3, 0.4) is 0 Å². The van der Waals surface area contributed by atoms with Crippen LogP contribution in [0.2, 0.25) is 0 Å². The zero-order chi connectivity index (χ0) is 19.5. The Balaban J connectivity index is 1.54. The fourth-order valence-electron chi connectivity index (χ4n) is 4.84. The smallest absolute Gasteiger partial charge is 0.193 e. The number of hydrogen-bond donors (Lipinski definition) is 1. The van der Waals surface area contributed by atoms with E-state index in [0.717, 1.165) is 71.3 Å². The summed E-state index contributed by atoms with van der Waals surface area (Å²) in [6.07, 6.45) is 4.16. The molecule has 1 aromatic rings. The number of ether oxygens (including phenoxy) is 2. The van der Waals surface area contributed by atoms with Gasteiger partial charge in [0.05, 0.1) is 13.2 Å². The lowest BCUT2D eigenvalue weighted by Gasteiger charge is -2.37. The second-order valence-electron chi connectivity index (χ2n) is 8.54. The molecule has 1 aromatic carbocycles. The zero-order valence-electron chi connectivity index (χ0n) is 16.9. The van der Waals surface area contributed by atoms with Crippen LogP contribution in [0.25, 0.3) is 0 Å². The molecule has 3 saturated heterocycles. The minimum absolute atomic E-state index is 0.0828. The van der Waals surface area contributed by atoms with Crippen LogP contribution in [0.1, 0.15) is 38.2 Å². The fourth-order valence-corrected chi connectivity index (χ4v) is 4.84. The van der Waals surface area contributed by atoms with Gasteiger partial charge in [-0.1, -0.05) is 12.1 Å². The van der Waals surface area contributed by atoms with E-state index in [-0.39, 0.29) is 11.2 Å². The molecular formula is C22H32FN3O2. The molecule has 0 saturated carbocycles. The summed E-state index contributed by atoms with van der Waals surface area (Å²) < 4.78 is 24.8. The summed E-state index contributed by atoms with van der Waals surface area (Å²) in [6.45, 7) is 8.93. The molecule has 3 aliphatic heterocycles. The maximum Gasteiger partial charge on any atom is 0.193 e. The van der Waals surface area contributed by atoms with E-state index in [0.29, 0.717) is 12.0 Å². The molecule has 4 rings (SSSR count). The van der Waals surface area contributed by atoms with Gasteiger partial charge < -0.3 is 19.7 Å². The number of hydrogen-bond acceptors (Lipinski definition) is 3. The van der Waals surface area contributed by atoms with E-state index in [2.05, 4.69) is 17.1 Å². The molecule has 154 valence electrons. The predicted molar refractivity (Wildman–Crippen MR) is 108 cm³/mol. The molecule has 3 heterocycles. The lowest BCUT2D eigenvalue weighted by atomic mass is 9.74. The topological polar surface area (TPSA) is 46.1 Å². The van der Waals surface area contributed by atoms with E-state index in [1.54, 1.807) is 12.1 Å². The number of benzene rings is 1. The van der Waals surface area contributed by atoms with E-state index in [1.165, 1.54) is 12.0 Å². The predicted octanol–water partition coefficient (Wildman–Crippen LogP) is 2.95. The molecule has 0 aromatic heterocycles. The van der Waals surface area contributed by atoms with Crippen LogP contribution in [-0.4, -0.2) is 63.5 Å². The quantitative estimate of drug-likeness (QED) is 0.635. The summed E-state index contributed by atoms with van der Waals surface area (Å²) in [5.41, 5.74) is 1.39. The SMILES string of the molecule is CCNC(=NCC1(c2ccc(F)cc2)CCOCC1)N1CCC2(CCOC2)C1. The number of likely N-dealkylation sites (tertiary alicyclic amines) is 1. The summed E-state index contributed by atoms with van der Waals surface area (Å²) >= 11 is 0. The number of nitrogens with zero attached hydrogens (tertiary/aromatic N) is 2. The number of nitrogens with one attached hydrogen (secondary N) is 1. The first-order chi connectivity index (χ1) is 13.6. The highest BCUT2D eigenvalue weighted by Crippen LogP contribution is 2.39. The third-order valence-corrected chi connectivity index (χ3v) is 6.70. The maximum absolute atomic E-state index is 13.5. The van der Waals surface area contributed by atoms with Gasteiger partial charge in [-0.2, -0.15) is 0 Å². The second kappa shape index (κ2) is 8.37. The highest BCUT2D eigenvalue weighted by molar-refractivity contribution is 5.80. The Morgan fingerprint density at radius 3 is 2.54 bits per heavy atom. The molecule has 1 unspecified atom stereocenters. The molecule has 3 aliphatic rings. The van der Waals surface area contributed by atoms with Crippen LogP contribution < -0.4 is 5.32 Å². The van der Waals surface area contributed by atoms with Crippen molar-refractivity contribution >= 4 is 5.96 Å². The summed E-state index contributed by atoms with van der Waals surface area (Å²) in [4.78, 5) is 7.48. The van der Waals surface area contributed by atoms with Gasteiger partial charge in [-0.15, -0.1) is 0 Å². The minimum Gasteiger partial charge on any atom is -0.381 e. The first kappa shape index (κ1) is 19.6.